The van der Waals surface area contributed by atoms with Crippen molar-refractivity contribution in [3.05, 3.63) is 52.8 Å². The van der Waals surface area contributed by atoms with Crippen LogP contribution in [0.3, 0.4) is 0 Å². The van der Waals surface area contributed by atoms with E-state index in [2.05, 4.69) is 87.2 Å². The zero-order valence-electron chi connectivity index (χ0n) is 20.5. The largest absolute Gasteiger partial charge is 0.371 e. The molecule has 32 heavy (non-hydrogen) atoms. The summed E-state index contributed by atoms with van der Waals surface area (Å²) in [5.41, 5.74) is 6.32. The number of aromatic nitrogens is 1. The smallest absolute Gasteiger partial charge is 0.0396 e. The van der Waals surface area contributed by atoms with E-state index in [0.29, 0.717) is 18.0 Å². The van der Waals surface area contributed by atoms with E-state index in [1.165, 1.54) is 22.4 Å². The molecule has 1 aromatic heterocycles. The lowest BCUT2D eigenvalue weighted by Crippen LogP contribution is -2.44. The highest BCUT2D eigenvalue weighted by molar-refractivity contribution is 8.01. The van der Waals surface area contributed by atoms with Crippen LogP contribution < -0.4 is 10.2 Å². The molecule has 1 N–H and O–H groups in total. The monoisotopic (exact) mass is 453 g/mol. The van der Waals surface area contributed by atoms with Crippen molar-refractivity contribution < 1.29 is 4.21 Å². The van der Waals surface area contributed by atoms with Crippen molar-refractivity contribution in [1.29, 1.82) is 0 Å². The molecule has 4 unspecified atom stereocenters. The minimum Gasteiger partial charge on any atom is -0.371 e. The first-order chi connectivity index (χ1) is 15.2. The van der Waals surface area contributed by atoms with Gasteiger partial charge >= 0.3 is 0 Å². The number of fused-ring (bicyclic) bond motifs is 1. The molecule has 174 valence electrons. The molecular formula is C27H39N3OS. The Morgan fingerprint density at radius 2 is 2.00 bits per heavy atom. The first kappa shape index (κ1) is 23.3. The Hall–Kier alpha value is -1.85. The van der Waals surface area contributed by atoms with Gasteiger partial charge in [0.05, 0.1) is 0 Å². The topological polar surface area (TPSA) is 45.2 Å². The summed E-state index contributed by atoms with van der Waals surface area (Å²) >= 11 is 0. The predicted molar refractivity (Wildman–Crippen MR) is 137 cm³/mol. The molecule has 0 amide bonds. The average Bonchev–Trinajstić information content (AvgIpc) is 3.16. The molecule has 4 nitrogen and oxygen atoms in total. The average molecular weight is 454 g/mol. The normalized spacial score (nSPS) is 25.0. The molecule has 0 saturated carbocycles. The third-order valence-corrected chi connectivity index (χ3v) is 10.6. The number of aryl methyl sites for hydroxylation is 3. The van der Waals surface area contributed by atoms with Crippen LogP contribution in [0.2, 0.25) is 0 Å². The van der Waals surface area contributed by atoms with E-state index >= 15 is 0 Å². The van der Waals surface area contributed by atoms with E-state index in [4.69, 9.17) is 0 Å². The van der Waals surface area contributed by atoms with E-state index in [1.54, 1.807) is 0 Å². The zero-order valence-corrected chi connectivity index (χ0v) is 21.3. The lowest BCUT2D eigenvalue weighted by molar-refractivity contribution is 0.375. The van der Waals surface area contributed by atoms with Crippen LogP contribution in [0.1, 0.15) is 68.5 Å². The number of anilines is 1. The van der Waals surface area contributed by atoms with Crippen molar-refractivity contribution >= 4 is 20.6 Å². The standard InChI is InChI=1S/C27H39N3OS/c1-7-12-32(31,18(2)3)23-8-9-27(20(5)14-23)30-11-10-25-22(17-30)15-26(29-25)24-16-28-21(6)13-19(24)4/h8-9,12-14,16,18,22,25-26,29H,7,10-11,15,17H2,1-6H3. The molecule has 2 saturated heterocycles. The molecular weight excluding hydrogens is 414 g/mol. The molecule has 2 aliphatic heterocycles. The maximum absolute atomic E-state index is 13.6. The minimum absolute atomic E-state index is 0.115. The molecule has 0 bridgehead atoms. The van der Waals surface area contributed by atoms with Gasteiger partial charge in [-0.25, -0.2) is 0 Å². The molecule has 0 aliphatic carbocycles. The van der Waals surface area contributed by atoms with E-state index in [1.807, 2.05) is 5.37 Å². The van der Waals surface area contributed by atoms with Crippen molar-refractivity contribution in [3.8, 4) is 0 Å². The van der Waals surface area contributed by atoms with Crippen LogP contribution in [0.15, 0.2) is 35.4 Å². The molecule has 5 heteroatoms. The number of pyridine rings is 1. The van der Waals surface area contributed by atoms with Gasteiger partial charge in [-0.05, 0) is 92.3 Å². The quantitative estimate of drug-likeness (QED) is 0.632. The molecule has 4 atom stereocenters. The van der Waals surface area contributed by atoms with Crippen molar-refractivity contribution in [2.45, 2.75) is 83.0 Å². The Bertz CT molecular complexity index is 1100. The fourth-order valence-corrected chi connectivity index (χ4v) is 7.88. The Morgan fingerprint density at radius 3 is 2.66 bits per heavy atom. The summed E-state index contributed by atoms with van der Waals surface area (Å²) in [6, 6.07) is 9.68. The number of hydrogen-bond acceptors (Lipinski definition) is 4. The van der Waals surface area contributed by atoms with Crippen LogP contribution in [-0.4, -0.2) is 38.9 Å². The third kappa shape index (κ3) is 4.34. The number of piperidine rings is 1. The Labute approximate surface area is 194 Å². The predicted octanol–water partition coefficient (Wildman–Crippen LogP) is 5.20. The van der Waals surface area contributed by atoms with Crippen LogP contribution in [0, 0.1) is 26.7 Å². The highest BCUT2D eigenvalue weighted by atomic mass is 32.2. The summed E-state index contributed by atoms with van der Waals surface area (Å²) in [6.07, 6.45) is 5.22. The van der Waals surface area contributed by atoms with E-state index in [0.717, 1.165) is 42.9 Å². The second-order valence-electron chi connectivity index (χ2n) is 9.96. The summed E-state index contributed by atoms with van der Waals surface area (Å²) in [7, 11) is -2.12. The number of benzene rings is 1. The maximum atomic E-state index is 13.6. The van der Waals surface area contributed by atoms with Crippen molar-refractivity contribution in [2.75, 3.05) is 18.0 Å². The number of nitrogens with one attached hydrogen (secondary N) is 1. The third-order valence-electron chi connectivity index (χ3n) is 7.34. The van der Waals surface area contributed by atoms with E-state index in [-0.39, 0.29) is 5.25 Å². The number of hydrogen-bond donors (Lipinski definition) is 1. The molecule has 3 heterocycles. The minimum atomic E-state index is -2.12. The van der Waals surface area contributed by atoms with E-state index < -0.39 is 9.52 Å². The Kier molecular flexibility index (Phi) is 6.69. The van der Waals surface area contributed by atoms with Crippen molar-refractivity contribution in [3.63, 3.8) is 0 Å². The molecule has 2 aromatic rings. The van der Waals surface area contributed by atoms with Gasteiger partial charge in [-0.15, -0.1) is 0 Å². The van der Waals surface area contributed by atoms with Gasteiger partial charge in [0, 0.05) is 62.4 Å². The lowest BCUT2D eigenvalue weighted by atomic mass is 9.90. The second-order valence-corrected chi connectivity index (χ2v) is 13.0. The van der Waals surface area contributed by atoms with Gasteiger partial charge in [0.15, 0.2) is 0 Å². The van der Waals surface area contributed by atoms with Crippen LogP contribution in [-0.2, 0) is 9.52 Å². The van der Waals surface area contributed by atoms with E-state index in [9.17, 15) is 4.21 Å². The van der Waals surface area contributed by atoms with Crippen molar-refractivity contribution in [2.24, 2.45) is 5.92 Å². The van der Waals surface area contributed by atoms with Gasteiger partial charge in [-0.1, -0.05) is 20.8 Å². The van der Waals surface area contributed by atoms with Crippen LogP contribution in [0.5, 0.6) is 0 Å². The highest BCUT2D eigenvalue weighted by Gasteiger charge is 2.39. The highest BCUT2D eigenvalue weighted by Crippen LogP contribution is 2.38. The summed E-state index contributed by atoms with van der Waals surface area (Å²) < 4.78 is 13.6. The number of nitrogens with zero attached hydrogens (tertiary/aromatic N) is 2. The molecule has 2 fully saturated rings. The molecule has 0 radical (unpaired) electrons. The Balaban J connectivity index is 1.52. The SMILES string of the molecule is CCC=S(=O)(c1ccc(N2CCC3NC(c4cnc(C)cc4C)CC3C2)c(C)c1)C(C)C. The molecule has 4 rings (SSSR count). The van der Waals surface area contributed by atoms with Crippen LogP contribution >= 0.6 is 0 Å². The zero-order chi connectivity index (χ0) is 23.0. The van der Waals surface area contributed by atoms with Gasteiger partial charge in [0.25, 0.3) is 0 Å². The second kappa shape index (κ2) is 9.18. The van der Waals surface area contributed by atoms with Gasteiger partial charge in [0.2, 0.25) is 0 Å². The maximum Gasteiger partial charge on any atom is 0.0396 e. The summed E-state index contributed by atoms with van der Waals surface area (Å²) in [4.78, 5) is 8.08. The summed E-state index contributed by atoms with van der Waals surface area (Å²) in [6.45, 7) is 14.8. The van der Waals surface area contributed by atoms with Gasteiger partial charge in [0.1, 0.15) is 0 Å². The lowest BCUT2D eigenvalue weighted by Gasteiger charge is -2.37. The summed E-state index contributed by atoms with van der Waals surface area (Å²) in [5.74, 6) is 0.641. The van der Waals surface area contributed by atoms with Crippen LogP contribution in [0.25, 0.3) is 0 Å². The number of rotatable bonds is 5. The fourth-order valence-electron chi connectivity index (χ4n) is 5.62. The fraction of sp³-hybridized carbons (Fsp3) is 0.556. The first-order valence-electron chi connectivity index (χ1n) is 12.1. The molecule has 2 aliphatic rings. The van der Waals surface area contributed by atoms with Gasteiger partial charge in [-0.2, -0.15) is 0 Å². The molecule has 0 spiro atoms. The summed E-state index contributed by atoms with van der Waals surface area (Å²) in [5, 5.41) is 6.04. The van der Waals surface area contributed by atoms with Crippen LogP contribution in [0.4, 0.5) is 5.69 Å². The van der Waals surface area contributed by atoms with Gasteiger partial charge in [-0.3, -0.25) is 9.19 Å². The Morgan fingerprint density at radius 1 is 1.22 bits per heavy atom. The first-order valence-corrected chi connectivity index (χ1v) is 13.8. The van der Waals surface area contributed by atoms with Gasteiger partial charge < -0.3 is 10.2 Å². The van der Waals surface area contributed by atoms with Crippen molar-refractivity contribution in [1.82, 2.24) is 10.3 Å². The molecule has 1 aromatic carbocycles.